The second-order valence-corrected chi connectivity index (χ2v) is 7.55. The molecule has 0 spiro atoms. The summed E-state index contributed by atoms with van der Waals surface area (Å²) in [7, 11) is 7.00. The molecular weight excluding hydrogens is 476 g/mol. The van der Waals surface area contributed by atoms with Gasteiger partial charge in [-0.1, -0.05) is 6.07 Å². The SMILES string of the molecule is COCOc1cc(OC)ccc1CC1(C(=O)OC)OC(=O)C(O)=C1c1ccc(OC)cc1OCOC. The second kappa shape index (κ2) is 11.6. The molecule has 11 heteroatoms. The molecule has 0 aromatic heterocycles. The summed E-state index contributed by atoms with van der Waals surface area (Å²) in [5.74, 6) is -1.37. The third-order valence-electron chi connectivity index (χ3n) is 5.45. The minimum absolute atomic E-state index is 0.0907. The zero-order valence-electron chi connectivity index (χ0n) is 20.6. The van der Waals surface area contributed by atoms with Crippen molar-refractivity contribution in [1.82, 2.24) is 0 Å². The molecule has 1 atom stereocenters. The Kier molecular flexibility index (Phi) is 8.62. The summed E-state index contributed by atoms with van der Waals surface area (Å²) < 4.78 is 42.5. The summed E-state index contributed by atoms with van der Waals surface area (Å²) in [5.41, 5.74) is -1.56. The Morgan fingerprint density at radius 1 is 0.889 bits per heavy atom. The molecule has 11 nitrogen and oxygen atoms in total. The fourth-order valence-corrected chi connectivity index (χ4v) is 3.81. The number of aliphatic hydroxyl groups excluding tert-OH is 1. The van der Waals surface area contributed by atoms with Gasteiger partial charge in [-0.2, -0.15) is 0 Å². The lowest BCUT2D eigenvalue weighted by Gasteiger charge is -2.29. The molecule has 1 aliphatic rings. The smallest absolute Gasteiger partial charge is 0.375 e. The van der Waals surface area contributed by atoms with Gasteiger partial charge in [-0.25, -0.2) is 9.59 Å². The largest absolute Gasteiger partial charge is 0.501 e. The molecule has 0 saturated carbocycles. The van der Waals surface area contributed by atoms with Crippen LogP contribution in [-0.2, 0) is 35.0 Å². The predicted octanol–water partition coefficient (Wildman–Crippen LogP) is 2.65. The van der Waals surface area contributed by atoms with Crippen LogP contribution in [0.15, 0.2) is 42.2 Å². The second-order valence-electron chi connectivity index (χ2n) is 7.55. The van der Waals surface area contributed by atoms with E-state index in [9.17, 15) is 14.7 Å². The summed E-state index contributed by atoms with van der Waals surface area (Å²) in [5, 5.41) is 10.8. The molecule has 1 N–H and O–H groups in total. The molecule has 194 valence electrons. The van der Waals surface area contributed by atoms with Crippen LogP contribution < -0.4 is 18.9 Å². The number of aliphatic hydroxyl groups is 1. The molecule has 0 radical (unpaired) electrons. The Labute approximate surface area is 208 Å². The third kappa shape index (κ3) is 5.16. The quantitative estimate of drug-likeness (QED) is 0.338. The molecule has 2 aromatic rings. The van der Waals surface area contributed by atoms with E-state index in [4.69, 9.17) is 37.9 Å². The van der Waals surface area contributed by atoms with Crippen molar-refractivity contribution >= 4 is 17.5 Å². The summed E-state index contributed by atoms with van der Waals surface area (Å²) in [6, 6.07) is 9.54. The van der Waals surface area contributed by atoms with Gasteiger partial charge in [-0.15, -0.1) is 0 Å². The molecule has 1 aliphatic heterocycles. The first kappa shape index (κ1) is 26.6. The van der Waals surface area contributed by atoms with E-state index < -0.39 is 23.3 Å². The molecule has 2 aromatic carbocycles. The van der Waals surface area contributed by atoms with Crippen LogP contribution in [-0.4, -0.2) is 71.8 Å². The topological polar surface area (TPSA) is 128 Å². The third-order valence-corrected chi connectivity index (χ3v) is 5.45. The monoisotopic (exact) mass is 504 g/mol. The summed E-state index contributed by atoms with van der Waals surface area (Å²) in [6.07, 6.45) is -0.246. The van der Waals surface area contributed by atoms with Gasteiger partial charge in [0.2, 0.25) is 11.4 Å². The van der Waals surface area contributed by atoms with Crippen LogP contribution in [0.2, 0.25) is 0 Å². The van der Waals surface area contributed by atoms with Crippen molar-refractivity contribution in [1.29, 1.82) is 0 Å². The maximum Gasteiger partial charge on any atom is 0.375 e. The molecule has 1 unspecified atom stereocenters. The van der Waals surface area contributed by atoms with E-state index in [-0.39, 0.29) is 36.9 Å². The molecule has 3 rings (SSSR count). The van der Waals surface area contributed by atoms with Crippen LogP contribution in [0.1, 0.15) is 11.1 Å². The molecule has 0 bridgehead atoms. The molecule has 0 saturated heterocycles. The van der Waals surface area contributed by atoms with Crippen LogP contribution in [0.25, 0.3) is 5.57 Å². The maximum absolute atomic E-state index is 13.3. The Bertz CT molecular complexity index is 1140. The fourth-order valence-electron chi connectivity index (χ4n) is 3.81. The number of carbonyl (C=O) groups excluding carboxylic acids is 2. The van der Waals surface area contributed by atoms with E-state index >= 15 is 0 Å². The minimum atomic E-state index is -2.07. The van der Waals surface area contributed by atoms with Crippen molar-refractivity contribution in [3.05, 3.63) is 53.3 Å². The lowest BCUT2D eigenvalue weighted by atomic mass is 9.82. The zero-order chi connectivity index (χ0) is 26.3. The highest BCUT2D eigenvalue weighted by Gasteiger charge is 2.56. The first-order valence-corrected chi connectivity index (χ1v) is 10.7. The number of ether oxygens (including phenoxy) is 8. The summed E-state index contributed by atoms with van der Waals surface area (Å²) in [6.45, 7) is -0.242. The van der Waals surface area contributed by atoms with Gasteiger partial charge in [0.1, 0.15) is 23.0 Å². The Balaban J connectivity index is 2.21. The van der Waals surface area contributed by atoms with Crippen molar-refractivity contribution in [3.8, 4) is 23.0 Å². The van der Waals surface area contributed by atoms with Gasteiger partial charge >= 0.3 is 11.9 Å². The average molecular weight is 504 g/mol. The van der Waals surface area contributed by atoms with Crippen LogP contribution in [0.4, 0.5) is 0 Å². The van der Waals surface area contributed by atoms with Crippen molar-refractivity contribution in [2.24, 2.45) is 0 Å². The molecular formula is C25H28O11. The lowest BCUT2D eigenvalue weighted by molar-refractivity contribution is -0.169. The molecule has 36 heavy (non-hydrogen) atoms. The highest BCUT2D eigenvalue weighted by Crippen LogP contribution is 2.47. The number of rotatable bonds is 12. The highest BCUT2D eigenvalue weighted by molar-refractivity contribution is 6.12. The number of esters is 2. The summed E-state index contributed by atoms with van der Waals surface area (Å²) in [4.78, 5) is 26.0. The van der Waals surface area contributed by atoms with Gasteiger partial charge in [0.05, 0.1) is 26.9 Å². The highest BCUT2D eigenvalue weighted by atomic mass is 16.7. The van der Waals surface area contributed by atoms with E-state index in [0.717, 1.165) is 7.11 Å². The van der Waals surface area contributed by atoms with E-state index in [1.54, 1.807) is 24.3 Å². The fraction of sp³-hybridized carbons (Fsp3) is 0.360. The van der Waals surface area contributed by atoms with E-state index in [2.05, 4.69) is 0 Å². The molecule has 1 heterocycles. The normalized spacial score (nSPS) is 17.0. The van der Waals surface area contributed by atoms with E-state index in [1.165, 1.54) is 40.6 Å². The lowest BCUT2D eigenvalue weighted by Crippen LogP contribution is -2.44. The molecule has 0 aliphatic carbocycles. The Morgan fingerprint density at radius 2 is 1.47 bits per heavy atom. The van der Waals surface area contributed by atoms with Gasteiger partial charge in [-0.3, -0.25) is 0 Å². The minimum Gasteiger partial charge on any atom is -0.501 e. The van der Waals surface area contributed by atoms with Crippen molar-refractivity contribution in [2.45, 2.75) is 12.0 Å². The Morgan fingerprint density at radius 3 is 2.06 bits per heavy atom. The van der Waals surface area contributed by atoms with Gasteiger partial charge in [0.25, 0.3) is 0 Å². The van der Waals surface area contributed by atoms with E-state index in [0.29, 0.717) is 22.8 Å². The van der Waals surface area contributed by atoms with Gasteiger partial charge < -0.3 is 43.0 Å². The van der Waals surface area contributed by atoms with Crippen molar-refractivity contribution in [3.63, 3.8) is 0 Å². The average Bonchev–Trinajstić information content (AvgIpc) is 3.15. The van der Waals surface area contributed by atoms with Gasteiger partial charge in [-0.05, 0) is 23.8 Å². The molecule has 0 amide bonds. The molecule has 0 fully saturated rings. The van der Waals surface area contributed by atoms with Gasteiger partial charge in [0.15, 0.2) is 13.6 Å². The van der Waals surface area contributed by atoms with Crippen LogP contribution >= 0.6 is 0 Å². The maximum atomic E-state index is 13.3. The zero-order valence-corrected chi connectivity index (χ0v) is 20.6. The van der Waals surface area contributed by atoms with Crippen LogP contribution in [0.3, 0.4) is 0 Å². The number of benzene rings is 2. The van der Waals surface area contributed by atoms with E-state index in [1.807, 2.05) is 0 Å². The first-order chi connectivity index (χ1) is 17.3. The van der Waals surface area contributed by atoms with Crippen molar-refractivity contribution < 1.29 is 52.6 Å². The number of cyclic esters (lactones) is 1. The van der Waals surface area contributed by atoms with Crippen LogP contribution in [0.5, 0.6) is 23.0 Å². The van der Waals surface area contributed by atoms with Crippen molar-refractivity contribution in [2.75, 3.05) is 49.1 Å². The number of methoxy groups -OCH3 is 5. The predicted molar refractivity (Wildman–Crippen MR) is 125 cm³/mol. The Hall–Kier alpha value is -3.96. The summed E-state index contributed by atoms with van der Waals surface area (Å²) >= 11 is 0. The number of hydrogen-bond acceptors (Lipinski definition) is 11. The van der Waals surface area contributed by atoms with Crippen LogP contribution in [0, 0.1) is 0 Å². The number of carbonyl (C=O) groups is 2. The standard InChI is InChI=1S/C25H28O11/c1-29-13-34-19-10-16(31-3)7-6-15(19)12-25(24(28)33-5)21(22(26)23(27)36-25)18-9-8-17(32-4)11-20(18)35-14-30-2/h6-11,26H,12-14H2,1-5H3. The first-order valence-electron chi connectivity index (χ1n) is 10.7. The number of hydrogen-bond donors (Lipinski definition) is 1. The van der Waals surface area contributed by atoms with Gasteiger partial charge in [0, 0.05) is 38.3 Å².